The first-order valence-electron chi connectivity index (χ1n) is 12.3. The Labute approximate surface area is 221 Å². The number of aryl methyl sites for hydroxylation is 1. The topological polar surface area (TPSA) is 85.6 Å². The molecule has 1 fully saturated rings. The van der Waals surface area contributed by atoms with Crippen molar-refractivity contribution < 1.29 is 23.8 Å². The van der Waals surface area contributed by atoms with Gasteiger partial charge in [-0.25, -0.2) is 0 Å². The molecule has 0 N–H and O–H groups in total. The van der Waals surface area contributed by atoms with Crippen LogP contribution in [0.25, 0.3) is 10.4 Å². The van der Waals surface area contributed by atoms with Gasteiger partial charge in [0, 0.05) is 35.9 Å². The number of thiophene rings is 1. The third-order valence-electron chi connectivity index (χ3n) is 6.85. The van der Waals surface area contributed by atoms with Gasteiger partial charge in [0.15, 0.2) is 6.10 Å². The van der Waals surface area contributed by atoms with Crippen molar-refractivity contribution in [2.45, 2.75) is 65.5 Å². The Kier molecular flexibility index (Phi) is 8.11. The van der Waals surface area contributed by atoms with Crippen LogP contribution in [-0.2, 0) is 30.2 Å². The number of ether oxygens (including phenoxy) is 3. The first-order valence-corrected chi connectivity index (χ1v) is 13.2. The highest BCUT2D eigenvalue weighted by Crippen LogP contribution is 2.39. The highest BCUT2D eigenvalue weighted by atomic mass is 32.1. The minimum Gasteiger partial charge on any atom is -0.458 e. The zero-order valence-electron chi connectivity index (χ0n) is 21.7. The van der Waals surface area contributed by atoms with Crippen LogP contribution < -0.4 is 0 Å². The Morgan fingerprint density at radius 1 is 1.00 bits per heavy atom. The predicted molar refractivity (Wildman–Crippen MR) is 142 cm³/mol. The van der Waals surface area contributed by atoms with E-state index < -0.39 is 30.3 Å². The maximum atomic E-state index is 12.0. The monoisotopic (exact) mass is 517 g/mol. The van der Waals surface area contributed by atoms with Gasteiger partial charge in [0.05, 0.1) is 17.7 Å². The lowest BCUT2D eigenvalue weighted by molar-refractivity contribution is -0.222. The molecule has 4 rings (SSSR count). The van der Waals surface area contributed by atoms with Crippen molar-refractivity contribution in [2.24, 2.45) is 5.92 Å². The number of nitriles is 1. The minimum absolute atomic E-state index is 0.140. The third kappa shape index (κ3) is 6.10. The highest BCUT2D eigenvalue weighted by molar-refractivity contribution is 7.15. The smallest absolute Gasteiger partial charge is 0.303 e. The van der Waals surface area contributed by atoms with Crippen molar-refractivity contribution in [3.63, 3.8) is 0 Å². The number of nitrogens with zero attached hydrogens (tertiary/aromatic N) is 1. The Balaban J connectivity index is 1.63. The number of carbonyl (C=O) groups excluding carboxylic acids is 2. The van der Waals surface area contributed by atoms with Crippen LogP contribution in [0.4, 0.5) is 0 Å². The van der Waals surface area contributed by atoms with Crippen LogP contribution in [0.2, 0.25) is 0 Å². The second kappa shape index (κ2) is 11.3. The molecule has 0 radical (unpaired) electrons. The molecule has 1 unspecified atom stereocenters. The normalized spacial score (nSPS) is 23.2. The zero-order chi connectivity index (χ0) is 26.7. The minimum atomic E-state index is -0.746. The second-order valence-corrected chi connectivity index (χ2v) is 10.8. The number of hydrogen-bond acceptors (Lipinski definition) is 7. The predicted octanol–water partition coefficient (Wildman–Crippen LogP) is 6.15. The Morgan fingerprint density at radius 3 is 2.43 bits per heavy atom. The molecule has 0 bridgehead atoms. The van der Waals surface area contributed by atoms with Crippen LogP contribution in [0.1, 0.15) is 60.9 Å². The zero-order valence-corrected chi connectivity index (χ0v) is 22.5. The summed E-state index contributed by atoms with van der Waals surface area (Å²) in [6.07, 6.45) is -1.39. The highest BCUT2D eigenvalue weighted by Gasteiger charge is 2.47. The van der Waals surface area contributed by atoms with Gasteiger partial charge >= 0.3 is 11.9 Å². The summed E-state index contributed by atoms with van der Waals surface area (Å²) in [7, 11) is 0. The van der Waals surface area contributed by atoms with Gasteiger partial charge < -0.3 is 14.2 Å². The van der Waals surface area contributed by atoms with Gasteiger partial charge in [0.2, 0.25) is 0 Å². The molecule has 0 spiro atoms. The van der Waals surface area contributed by atoms with Crippen molar-refractivity contribution >= 4 is 23.3 Å². The van der Waals surface area contributed by atoms with E-state index in [0.717, 1.165) is 33.6 Å². The maximum absolute atomic E-state index is 12.0. The van der Waals surface area contributed by atoms with Crippen molar-refractivity contribution in [1.29, 1.82) is 5.26 Å². The van der Waals surface area contributed by atoms with Gasteiger partial charge in [-0.15, -0.1) is 11.3 Å². The van der Waals surface area contributed by atoms with Gasteiger partial charge in [0.25, 0.3) is 0 Å². The SMILES string of the molecule is CC(=O)O[C@H]1[C@H](C)[C@@H](C)OC(c2ccc(C)c(Cc3ccc(-c4cccc(C#N)c4)s3)c2)[C@@H]1OC(C)=O. The van der Waals surface area contributed by atoms with Crippen LogP contribution in [-0.4, -0.2) is 30.3 Å². The van der Waals surface area contributed by atoms with Crippen LogP contribution in [0, 0.1) is 24.2 Å². The lowest BCUT2D eigenvalue weighted by atomic mass is 9.85. The van der Waals surface area contributed by atoms with E-state index in [0.29, 0.717) is 5.56 Å². The summed E-state index contributed by atoms with van der Waals surface area (Å²) < 4.78 is 17.7. The first-order chi connectivity index (χ1) is 17.7. The molecule has 2 aromatic carbocycles. The van der Waals surface area contributed by atoms with Gasteiger partial charge in [-0.3, -0.25) is 9.59 Å². The fraction of sp³-hybridized carbons (Fsp3) is 0.367. The van der Waals surface area contributed by atoms with E-state index in [4.69, 9.17) is 14.2 Å². The molecule has 7 heteroatoms. The van der Waals surface area contributed by atoms with Crippen LogP contribution in [0.5, 0.6) is 0 Å². The van der Waals surface area contributed by atoms with Crippen LogP contribution >= 0.6 is 11.3 Å². The molecule has 1 aliphatic rings. The molecule has 192 valence electrons. The van der Waals surface area contributed by atoms with E-state index >= 15 is 0 Å². The fourth-order valence-electron chi connectivity index (χ4n) is 4.74. The van der Waals surface area contributed by atoms with Gasteiger partial charge in [-0.1, -0.05) is 37.3 Å². The van der Waals surface area contributed by atoms with E-state index in [9.17, 15) is 14.9 Å². The number of rotatable bonds is 6. The molecule has 0 amide bonds. The standard InChI is InChI=1S/C30H31NO5S/c1-17-9-10-24(29-30(36-21(5)33)28(35-20(4)32)18(2)19(3)34-29)14-25(17)15-26-11-12-27(37-26)23-8-6-7-22(13-23)16-31/h6-14,18-19,28-30H,15H2,1-5H3/t18-,19-,28+,29?,30-/m1/s1. The van der Waals surface area contributed by atoms with E-state index in [-0.39, 0.29) is 12.0 Å². The molecule has 1 aliphatic heterocycles. The Hall–Kier alpha value is -3.47. The molecule has 0 aliphatic carbocycles. The average molecular weight is 518 g/mol. The molecule has 37 heavy (non-hydrogen) atoms. The lowest BCUT2D eigenvalue weighted by Crippen LogP contribution is -2.52. The molecule has 2 heterocycles. The summed E-state index contributed by atoms with van der Waals surface area (Å²) in [6.45, 7) is 8.67. The molecular formula is C30H31NO5S. The maximum Gasteiger partial charge on any atom is 0.303 e. The molecule has 1 saturated heterocycles. The van der Waals surface area contributed by atoms with Gasteiger partial charge in [-0.05, 0) is 60.4 Å². The van der Waals surface area contributed by atoms with Gasteiger partial charge in [0.1, 0.15) is 12.2 Å². The van der Waals surface area contributed by atoms with E-state index in [2.05, 4.69) is 31.2 Å². The summed E-state index contributed by atoms with van der Waals surface area (Å²) >= 11 is 1.70. The van der Waals surface area contributed by atoms with Crippen molar-refractivity contribution in [3.05, 3.63) is 81.7 Å². The summed E-state index contributed by atoms with van der Waals surface area (Å²) in [5.74, 6) is -1.00. The molecule has 0 saturated carbocycles. The quantitative estimate of drug-likeness (QED) is 0.365. The number of carbonyl (C=O) groups is 2. The van der Waals surface area contributed by atoms with Crippen molar-refractivity contribution in [3.8, 4) is 16.5 Å². The molecule has 1 aromatic heterocycles. The Morgan fingerprint density at radius 2 is 1.73 bits per heavy atom. The molecule has 5 atom stereocenters. The van der Waals surface area contributed by atoms with Gasteiger partial charge in [-0.2, -0.15) is 5.26 Å². The van der Waals surface area contributed by atoms with Crippen LogP contribution in [0.15, 0.2) is 54.6 Å². The fourth-order valence-corrected chi connectivity index (χ4v) is 5.77. The number of hydrogen-bond donors (Lipinski definition) is 0. The second-order valence-electron chi connectivity index (χ2n) is 9.59. The third-order valence-corrected chi connectivity index (χ3v) is 7.98. The average Bonchev–Trinajstić information content (AvgIpc) is 3.33. The van der Waals surface area contributed by atoms with Crippen LogP contribution in [0.3, 0.4) is 0 Å². The number of benzene rings is 2. The summed E-state index contributed by atoms with van der Waals surface area (Å²) in [6, 6.07) is 20.1. The van der Waals surface area contributed by atoms with E-state index in [1.807, 2.05) is 44.2 Å². The summed E-state index contributed by atoms with van der Waals surface area (Å²) in [4.78, 5) is 26.2. The Bertz CT molecular complexity index is 1340. The van der Waals surface area contributed by atoms with Crippen molar-refractivity contribution in [1.82, 2.24) is 0 Å². The first kappa shape index (κ1) is 26.6. The molecular weight excluding hydrogens is 486 g/mol. The molecule has 6 nitrogen and oxygen atoms in total. The van der Waals surface area contributed by atoms with Crippen molar-refractivity contribution in [2.75, 3.05) is 0 Å². The summed E-state index contributed by atoms with van der Waals surface area (Å²) in [5.41, 5.74) is 4.82. The summed E-state index contributed by atoms with van der Waals surface area (Å²) in [5, 5.41) is 9.22. The largest absolute Gasteiger partial charge is 0.458 e. The van der Waals surface area contributed by atoms with E-state index in [1.54, 1.807) is 17.4 Å². The number of esters is 2. The molecule has 3 aromatic rings. The van der Waals surface area contributed by atoms with E-state index in [1.165, 1.54) is 18.7 Å². The lowest BCUT2D eigenvalue weighted by Gasteiger charge is -2.43.